The van der Waals surface area contributed by atoms with Gasteiger partial charge in [0.05, 0.1) is 5.92 Å². The highest BCUT2D eigenvalue weighted by molar-refractivity contribution is 5.78. The zero-order valence-electron chi connectivity index (χ0n) is 11.7. The Hall–Kier alpha value is -1.39. The largest absolute Gasteiger partial charge is 0.299 e. The fourth-order valence-corrected chi connectivity index (χ4v) is 2.76. The molecule has 0 aliphatic carbocycles. The molecule has 1 amide bonds. The van der Waals surface area contributed by atoms with E-state index in [0.29, 0.717) is 0 Å². The summed E-state index contributed by atoms with van der Waals surface area (Å²) in [5.74, 6) is 5.04. The lowest BCUT2D eigenvalue weighted by Crippen LogP contribution is -2.46. The van der Waals surface area contributed by atoms with Crippen LogP contribution in [0.25, 0.3) is 0 Å². The van der Waals surface area contributed by atoms with Crippen molar-refractivity contribution in [3.05, 3.63) is 35.4 Å². The van der Waals surface area contributed by atoms with Crippen LogP contribution in [0.15, 0.2) is 24.3 Å². The Kier molecular flexibility index (Phi) is 4.56. The topological polar surface area (TPSA) is 58.4 Å². The quantitative estimate of drug-likeness (QED) is 0.487. The highest BCUT2D eigenvalue weighted by Gasteiger charge is 2.26. The molecule has 2 unspecified atom stereocenters. The molecule has 0 fully saturated rings. The molecule has 3 N–H and O–H groups in total. The SMILES string of the molecule is CC(C(=O)NN)C(C)N1CCc2ccccc2CC1. The van der Waals surface area contributed by atoms with Crippen LogP contribution in [0.2, 0.25) is 0 Å². The van der Waals surface area contributed by atoms with Crippen LogP contribution < -0.4 is 11.3 Å². The highest BCUT2D eigenvalue weighted by Crippen LogP contribution is 2.19. The van der Waals surface area contributed by atoms with Crippen molar-refractivity contribution in [3.63, 3.8) is 0 Å². The van der Waals surface area contributed by atoms with Crippen molar-refractivity contribution in [1.82, 2.24) is 10.3 Å². The molecule has 0 saturated heterocycles. The maximum absolute atomic E-state index is 11.6. The van der Waals surface area contributed by atoms with Crippen LogP contribution in [0.4, 0.5) is 0 Å². The Morgan fingerprint density at radius 1 is 1.21 bits per heavy atom. The maximum Gasteiger partial charge on any atom is 0.238 e. The molecule has 4 nitrogen and oxygen atoms in total. The third kappa shape index (κ3) is 3.14. The summed E-state index contributed by atoms with van der Waals surface area (Å²) >= 11 is 0. The molecule has 4 heteroatoms. The molecule has 1 aliphatic rings. The van der Waals surface area contributed by atoms with Gasteiger partial charge in [0.2, 0.25) is 5.91 Å². The molecule has 0 spiro atoms. The number of carbonyl (C=O) groups excluding carboxylic acids is 1. The Morgan fingerprint density at radius 2 is 1.74 bits per heavy atom. The smallest absolute Gasteiger partial charge is 0.238 e. The summed E-state index contributed by atoms with van der Waals surface area (Å²) in [6, 6.07) is 8.82. The number of carbonyl (C=O) groups is 1. The van der Waals surface area contributed by atoms with Crippen LogP contribution in [0.5, 0.6) is 0 Å². The number of rotatable bonds is 3. The first-order valence-electron chi connectivity index (χ1n) is 6.94. The monoisotopic (exact) mass is 261 g/mol. The second kappa shape index (κ2) is 6.17. The highest BCUT2D eigenvalue weighted by atomic mass is 16.2. The van der Waals surface area contributed by atoms with Crippen molar-refractivity contribution in [2.45, 2.75) is 32.7 Å². The van der Waals surface area contributed by atoms with Crippen LogP contribution >= 0.6 is 0 Å². The minimum Gasteiger partial charge on any atom is -0.299 e. The molecule has 0 saturated carbocycles. The number of hydrogen-bond acceptors (Lipinski definition) is 3. The molecule has 2 rings (SSSR count). The second-order valence-electron chi connectivity index (χ2n) is 5.34. The van der Waals surface area contributed by atoms with Gasteiger partial charge in [-0.2, -0.15) is 0 Å². The van der Waals surface area contributed by atoms with Crippen LogP contribution in [-0.4, -0.2) is 29.9 Å². The van der Waals surface area contributed by atoms with Gasteiger partial charge >= 0.3 is 0 Å². The summed E-state index contributed by atoms with van der Waals surface area (Å²) in [6.45, 7) is 6.04. The molecule has 1 heterocycles. The van der Waals surface area contributed by atoms with E-state index in [4.69, 9.17) is 5.84 Å². The zero-order valence-corrected chi connectivity index (χ0v) is 11.7. The lowest BCUT2D eigenvalue weighted by Gasteiger charge is -2.31. The molecule has 2 atom stereocenters. The third-order valence-electron chi connectivity index (χ3n) is 4.31. The molecule has 19 heavy (non-hydrogen) atoms. The minimum absolute atomic E-state index is 0.0886. The summed E-state index contributed by atoms with van der Waals surface area (Å²) in [4.78, 5) is 14.0. The molecule has 104 valence electrons. The van der Waals surface area contributed by atoms with Gasteiger partial charge < -0.3 is 0 Å². The van der Waals surface area contributed by atoms with Gasteiger partial charge in [0.1, 0.15) is 0 Å². The summed E-state index contributed by atoms with van der Waals surface area (Å²) in [7, 11) is 0. The van der Waals surface area contributed by atoms with Crippen molar-refractivity contribution >= 4 is 5.91 Å². The van der Waals surface area contributed by atoms with Crippen LogP contribution in [-0.2, 0) is 17.6 Å². The molecule has 0 aromatic heterocycles. The predicted octanol–water partition coefficient (Wildman–Crippen LogP) is 1.10. The van der Waals surface area contributed by atoms with Crippen LogP contribution in [0.3, 0.4) is 0 Å². The number of nitrogens with one attached hydrogen (secondary N) is 1. The van der Waals surface area contributed by atoms with E-state index in [1.165, 1.54) is 11.1 Å². The van der Waals surface area contributed by atoms with Crippen molar-refractivity contribution in [1.29, 1.82) is 0 Å². The predicted molar refractivity (Wildman–Crippen MR) is 76.4 cm³/mol. The lowest BCUT2D eigenvalue weighted by atomic mass is 10.0. The molecule has 0 radical (unpaired) electrons. The van der Waals surface area contributed by atoms with E-state index < -0.39 is 0 Å². The van der Waals surface area contributed by atoms with Gasteiger partial charge in [0.25, 0.3) is 0 Å². The summed E-state index contributed by atoms with van der Waals surface area (Å²) in [5, 5.41) is 0. The number of fused-ring (bicyclic) bond motifs is 1. The lowest BCUT2D eigenvalue weighted by molar-refractivity contribution is -0.126. The molecular formula is C15H23N3O. The summed E-state index contributed by atoms with van der Waals surface area (Å²) in [5.41, 5.74) is 5.13. The van der Waals surface area contributed by atoms with Gasteiger partial charge in [-0.25, -0.2) is 5.84 Å². The first-order chi connectivity index (χ1) is 9.13. The minimum atomic E-state index is -0.0915. The van der Waals surface area contributed by atoms with Gasteiger partial charge in [-0.05, 0) is 30.9 Å². The molecule has 1 aliphatic heterocycles. The summed E-state index contributed by atoms with van der Waals surface area (Å²) in [6.07, 6.45) is 2.11. The fourth-order valence-electron chi connectivity index (χ4n) is 2.76. The Bertz CT molecular complexity index is 420. The number of nitrogens with zero attached hydrogens (tertiary/aromatic N) is 1. The number of nitrogens with two attached hydrogens (primary N) is 1. The first-order valence-corrected chi connectivity index (χ1v) is 6.94. The van der Waals surface area contributed by atoms with Crippen molar-refractivity contribution in [3.8, 4) is 0 Å². The average molecular weight is 261 g/mol. The maximum atomic E-state index is 11.6. The van der Waals surface area contributed by atoms with Gasteiger partial charge in [0, 0.05) is 19.1 Å². The number of hydrogen-bond donors (Lipinski definition) is 2. The molecule has 0 bridgehead atoms. The third-order valence-corrected chi connectivity index (χ3v) is 4.31. The molecule has 1 aromatic carbocycles. The van der Waals surface area contributed by atoms with E-state index in [0.717, 1.165) is 25.9 Å². The van der Waals surface area contributed by atoms with Gasteiger partial charge in [0.15, 0.2) is 0 Å². The van der Waals surface area contributed by atoms with Gasteiger partial charge in [-0.1, -0.05) is 31.2 Å². The molecular weight excluding hydrogens is 238 g/mol. The number of benzene rings is 1. The van der Waals surface area contributed by atoms with E-state index in [1.54, 1.807) is 0 Å². The normalized spacial score (nSPS) is 19.1. The number of amides is 1. The Labute approximate surface area is 114 Å². The van der Waals surface area contributed by atoms with Crippen molar-refractivity contribution in [2.24, 2.45) is 11.8 Å². The second-order valence-corrected chi connectivity index (χ2v) is 5.34. The standard InChI is InChI=1S/C15H23N3O/c1-11(15(19)17-16)12(2)18-9-7-13-5-3-4-6-14(13)8-10-18/h3-6,11-12H,7-10,16H2,1-2H3,(H,17,19). The van der Waals surface area contributed by atoms with Gasteiger partial charge in [-0.3, -0.25) is 15.1 Å². The van der Waals surface area contributed by atoms with Crippen molar-refractivity contribution < 1.29 is 4.79 Å². The summed E-state index contributed by atoms with van der Waals surface area (Å²) < 4.78 is 0. The fraction of sp³-hybridized carbons (Fsp3) is 0.533. The Balaban J connectivity index is 2.03. The van der Waals surface area contributed by atoms with E-state index in [9.17, 15) is 4.79 Å². The van der Waals surface area contributed by atoms with Crippen molar-refractivity contribution in [2.75, 3.05) is 13.1 Å². The van der Waals surface area contributed by atoms with E-state index in [-0.39, 0.29) is 17.9 Å². The zero-order chi connectivity index (χ0) is 13.8. The van der Waals surface area contributed by atoms with E-state index >= 15 is 0 Å². The first kappa shape index (κ1) is 14.0. The van der Waals surface area contributed by atoms with Crippen LogP contribution in [0, 0.1) is 5.92 Å². The van der Waals surface area contributed by atoms with E-state index in [2.05, 4.69) is 41.5 Å². The average Bonchev–Trinajstić information content (AvgIpc) is 2.67. The molecule has 1 aromatic rings. The van der Waals surface area contributed by atoms with Gasteiger partial charge in [-0.15, -0.1) is 0 Å². The number of hydrazine groups is 1. The van der Waals surface area contributed by atoms with Crippen LogP contribution in [0.1, 0.15) is 25.0 Å². The van der Waals surface area contributed by atoms with E-state index in [1.807, 2.05) is 6.92 Å². The Morgan fingerprint density at radius 3 is 2.21 bits per heavy atom.